The standard InChI is InChI=1S/C25H27NO5/c1-4-11-30-18-8-5-7-17(14-18)22-21-23(28)20-16(3)12-15(2)13-19(20)31-24(21)25(29)26(22)9-6-10-27/h5,7-8,12-14,22,27H,4,6,9-11H2,1-3H3. The van der Waals surface area contributed by atoms with E-state index in [1.807, 2.05) is 51.1 Å². The van der Waals surface area contributed by atoms with Crippen LogP contribution in [-0.2, 0) is 0 Å². The lowest BCUT2D eigenvalue weighted by Crippen LogP contribution is -2.31. The maximum Gasteiger partial charge on any atom is 0.290 e. The van der Waals surface area contributed by atoms with Crippen molar-refractivity contribution < 1.29 is 19.1 Å². The van der Waals surface area contributed by atoms with Gasteiger partial charge in [-0.1, -0.05) is 25.1 Å². The Hall–Kier alpha value is -3.12. The lowest BCUT2D eigenvalue weighted by molar-refractivity contribution is 0.0716. The maximum absolute atomic E-state index is 13.6. The lowest BCUT2D eigenvalue weighted by Gasteiger charge is -2.25. The first-order valence-electron chi connectivity index (χ1n) is 10.7. The molecular formula is C25H27NO5. The maximum atomic E-state index is 13.6. The number of carbonyl (C=O) groups is 1. The normalized spacial score (nSPS) is 15.5. The van der Waals surface area contributed by atoms with Gasteiger partial charge >= 0.3 is 0 Å². The van der Waals surface area contributed by atoms with E-state index in [4.69, 9.17) is 9.15 Å². The van der Waals surface area contributed by atoms with Crippen LogP contribution >= 0.6 is 0 Å². The number of amides is 1. The van der Waals surface area contributed by atoms with Crippen LogP contribution in [0, 0.1) is 13.8 Å². The highest BCUT2D eigenvalue weighted by Gasteiger charge is 2.42. The van der Waals surface area contributed by atoms with Crippen molar-refractivity contribution in [2.75, 3.05) is 19.8 Å². The molecule has 1 N–H and O–H groups in total. The van der Waals surface area contributed by atoms with E-state index in [9.17, 15) is 14.7 Å². The highest BCUT2D eigenvalue weighted by Crippen LogP contribution is 2.39. The quantitative estimate of drug-likeness (QED) is 0.621. The molecule has 31 heavy (non-hydrogen) atoms. The van der Waals surface area contributed by atoms with Gasteiger partial charge in [0.25, 0.3) is 5.91 Å². The van der Waals surface area contributed by atoms with E-state index in [0.717, 1.165) is 23.1 Å². The van der Waals surface area contributed by atoms with Gasteiger partial charge in [0.05, 0.1) is 23.6 Å². The number of carbonyl (C=O) groups excluding carboxylic acids is 1. The number of aryl methyl sites for hydroxylation is 2. The summed E-state index contributed by atoms with van der Waals surface area (Å²) < 4.78 is 11.8. The zero-order valence-electron chi connectivity index (χ0n) is 18.1. The monoisotopic (exact) mass is 421 g/mol. The molecule has 1 aliphatic heterocycles. The molecule has 6 heteroatoms. The van der Waals surface area contributed by atoms with E-state index in [1.165, 1.54) is 0 Å². The Balaban J connectivity index is 1.93. The van der Waals surface area contributed by atoms with Crippen molar-refractivity contribution in [2.24, 2.45) is 0 Å². The molecule has 0 fully saturated rings. The first-order chi connectivity index (χ1) is 15.0. The SMILES string of the molecule is CCCOc1cccc(C2c3c(oc4cc(C)cc(C)c4c3=O)C(=O)N2CCCO)c1. The molecule has 1 unspecified atom stereocenters. The van der Waals surface area contributed by atoms with Gasteiger partial charge in [-0.15, -0.1) is 0 Å². The lowest BCUT2D eigenvalue weighted by atomic mass is 9.96. The molecule has 2 aromatic carbocycles. The molecule has 1 amide bonds. The number of benzene rings is 2. The molecule has 2 heterocycles. The van der Waals surface area contributed by atoms with Crippen LogP contribution in [0.1, 0.15) is 58.6 Å². The summed E-state index contributed by atoms with van der Waals surface area (Å²) in [6.07, 6.45) is 1.29. The van der Waals surface area contributed by atoms with Crippen molar-refractivity contribution in [1.82, 2.24) is 4.90 Å². The molecular weight excluding hydrogens is 394 g/mol. The summed E-state index contributed by atoms with van der Waals surface area (Å²) in [5, 5.41) is 9.86. The van der Waals surface area contributed by atoms with Crippen LogP contribution in [0.25, 0.3) is 11.0 Å². The third kappa shape index (κ3) is 3.72. The fourth-order valence-electron chi connectivity index (χ4n) is 4.33. The minimum absolute atomic E-state index is 0.0475. The first kappa shape index (κ1) is 21.1. The van der Waals surface area contributed by atoms with Crippen LogP contribution in [0.3, 0.4) is 0 Å². The molecule has 6 nitrogen and oxygen atoms in total. The number of fused-ring (bicyclic) bond motifs is 2. The minimum Gasteiger partial charge on any atom is -0.494 e. The summed E-state index contributed by atoms with van der Waals surface area (Å²) in [4.78, 5) is 28.5. The van der Waals surface area contributed by atoms with E-state index < -0.39 is 6.04 Å². The van der Waals surface area contributed by atoms with Crippen LogP contribution in [0.4, 0.5) is 0 Å². The van der Waals surface area contributed by atoms with E-state index >= 15 is 0 Å². The van der Waals surface area contributed by atoms with Crippen LogP contribution in [0.15, 0.2) is 45.6 Å². The van der Waals surface area contributed by atoms with Crippen molar-refractivity contribution >= 4 is 16.9 Å². The topological polar surface area (TPSA) is 80.0 Å². The number of rotatable bonds is 7. The largest absolute Gasteiger partial charge is 0.494 e. The number of hydrogen-bond acceptors (Lipinski definition) is 5. The molecule has 1 aromatic heterocycles. The Labute approximate surface area is 181 Å². The van der Waals surface area contributed by atoms with Crippen molar-refractivity contribution in [3.63, 3.8) is 0 Å². The second kappa shape index (κ2) is 8.55. The van der Waals surface area contributed by atoms with Gasteiger partial charge in [0.15, 0.2) is 5.43 Å². The molecule has 0 radical (unpaired) electrons. The summed E-state index contributed by atoms with van der Waals surface area (Å²) in [6.45, 7) is 6.70. The first-order valence-corrected chi connectivity index (χ1v) is 10.7. The van der Waals surface area contributed by atoms with Gasteiger partial charge in [0.2, 0.25) is 5.76 Å². The Morgan fingerprint density at radius 2 is 1.97 bits per heavy atom. The van der Waals surface area contributed by atoms with Gasteiger partial charge in [-0.3, -0.25) is 9.59 Å². The average molecular weight is 421 g/mol. The highest BCUT2D eigenvalue weighted by molar-refractivity contribution is 5.99. The number of aliphatic hydroxyl groups is 1. The minimum atomic E-state index is -0.583. The third-order valence-corrected chi connectivity index (χ3v) is 5.62. The Morgan fingerprint density at radius 3 is 2.71 bits per heavy atom. The summed E-state index contributed by atoms with van der Waals surface area (Å²) in [5.41, 5.74) is 3.18. The zero-order chi connectivity index (χ0) is 22.1. The van der Waals surface area contributed by atoms with E-state index in [1.54, 1.807) is 11.0 Å². The highest BCUT2D eigenvalue weighted by atomic mass is 16.5. The summed E-state index contributed by atoms with van der Waals surface area (Å²) in [6, 6.07) is 10.7. The zero-order valence-corrected chi connectivity index (χ0v) is 18.1. The molecule has 4 rings (SSSR count). The van der Waals surface area contributed by atoms with Gasteiger partial charge < -0.3 is 19.2 Å². The fourth-order valence-corrected chi connectivity index (χ4v) is 4.33. The summed E-state index contributed by atoms with van der Waals surface area (Å²) in [5.74, 6) is 0.455. The van der Waals surface area contributed by atoms with Gasteiger partial charge in [-0.25, -0.2) is 0 Å². The molecule has 162 valence electrons. The second-order valence-corrected chi connectivity index (χ2v) is 8.03. The van der Waals surface area contributed by atoms with Crippen LogP contribution in [0.5, 0.6) is 5.75 Å². The predicted octanol–water partition coefficient (Wildman–Crippen LogP) is 4.13. The molecule has 0 saturated heterocycles. The van der Waals surface area contributed by atoms with Gasteiger partial charge in [0.1, 0.15) is 11.3 Å². The van der Waals surface area contributed by atoms with E-state index in [-0.39, 0.29) is 23.7 Å². The average Bonchev–Trinajstić information content (AvgIpc) is 3.02. The molecule has 0 saturated carbocycles. The Kier molecular flexibility index (Phi) is 5.83. The fraction of sp³-hybridized carbons (Fsp3) is 0.360. The van der Waals surface area contributed by atoms with Crippen molar-refractivity contribution in [2.45, 2.75) is 39.7 Å². The van der Waals surface area contributed by atoms with Crippen molar-refractivity contribution in [3.8, 4) is 5.75 Å². The number of nitrogens with zero attached hydrogens (tertiary/aromatic N) is 1. The van der Waals surface area contributed by atoms with Crippen LogP contribution < -0.4 is 10.2 Å². The summed E-state index contributed by atoms with van der Waals surface area (Å²) in [7, 11) is 0. The number of aliphatic hydroxyl groups excluding tert-OH is 1. The Morgan fingerprint density at radius 1 is 1.16 bits per heavy atom. The van der Waals surface area contributed by atoms with Crippen molar-refractivity contribution in [3.05, 3.63) is 74.6 Å². The van der Waals surface area contributed by atoms with Crippen molar-refractivity contribution in [1.29, 1.82) is 0 Å². The second-order valence-electron chi connectivity index (χ2n) is 8.03. The molecule has 0 aliphatic carbocycles. The van der Waals surface area contributed by atoms with Crippen LogP contribution in [-0.4, -0.2) is 35.7 Å². The van der Waals surface area contributed by atoms with E-state index in [2.05, 4.69) is 0 Å². The van der Waals surface area contributed by atoms with Gasteiger partial charge in [0, 0.05) is 13.2 Å². The molecule has 3 aromatic rings. The number of ether oxygens (including phenoxy) is 1. The molecule has 0 spiro atoms. The van der Waals surface area contributed by atoms with Gasteiger partial charge in [-0.05, 0) is 61.6 Å². The number of hydrogen-bond donors (Lipinski definition) is 1. The molecule has 1 atom stereocenters. The van der Waals surface area contributed by atoms with Crippen LogP contribution in [0.2, 0.25) is 0 Å². The molecule has 0 bridgehead atoms. The third-order valence-electron chi connectivity index (χ3n) is 5.62. The van der Waals surface area contributed by atoms with Gasteiger partial charge in [-0.2, -0.15) is 0 Å². The smallest absolute Gasteiger partial charge is 0.290 e. The Bertz CT molecular complexity index is 1200. The molecule has 1 aliphatic rings. The summed E-state index contributed by atoms with van der Waals surface area (Å²) >= 11 is 0. The van der Waals surface area contributed by atoms with E-state index in [0.29, 0.717) is 41.9 Å². The predicted molar refractivity (Wildman–Crippen MR) is 119 cm³/mol.